The van der Waals surface area contributed by atoms with Gasteiger partial charge in [0.25, 0.3) is 0 Å². The largest absolute Gasteiger partial charge is 0.361 e. The Bertz CT molecular complexity index is 209. The van der Waals surface area contributed by atoms with Gasteiger partial charge >= 0.3 is 12.1 Å². The summed E-state index contributed by atoms with van der Waals surface area (Å²) in [6.45, 7) is 3.87. The van der Waals surface area contributed by atoms with Gasteiger partial charge in [-0.05, 0) is 6.42 Å². The fourth-order valence-corrected chi connectivity index (χ4v) is 0.467. The lowest BCUT2D eigenvalue weighted by atomic mass is 10.5. The van der Waals surface area contributed by atoms with Crippen LogP contribution in [0, 0.1) is 0 Å². The summed E-state index contributed by atoms with van der Waals surface area (Å²) in [5.74, 6) is -0.512. The highest BCUT2D eigenvalue weighted by molar-refractivity contribution is 6.23. The zero-order chi connectivity index (χ0) is 9.40. The van der Waals surface area contributed by atoms with E-state index < -0.39 is 5.91 Å². The first-order valence-corrected chi connectivity index (χ1v) is 3.41. The molecule has 0 spiro atoms. The summed E-state index contributed by atoms with van der Waals surface area (Å²) in [6, 6.07) is 0. The summed E-state index contributed by atoms with van der Waals surface area (Å²) in [5.41, 5.74) is 8.01. The van der Waals surface area contributed by atoms with E-state index in [0.717, 1.165) is 11.3 Å². The summed E-state index contributed by atoms with van der Waals surface area (Å²) in [4.78, 5) is 18.3. The molecule has 0 bridgehead atoms. The Labute approximate surface area is 70.8 Å². The minimum Gasteiger partial charge on any atom is -0.361 e. The lowest BCUT2D eigenvalue weighted by Gasteiger charge is -2.11. The molecule has 1 amide bonds. The van der Waals surface area contributed by atoms with E-state index in [0.29, 0.717) is 13.0 Å². The van der Waals surface area contributed by atoms with Gasteiger partial charge in [-0.15, -0.1) is 6.58 Å². The maximum absolute atomic E-state index is 10.8. The van der Waals surface area contributed by atoms with Crippen LogP contribution in [0.4, 0.5) is 0 Å². The normalized spacial score (nSPS) is 8.42. The highest BCUT2D eigenvalue weighted by Gasteiger charge is 2.08. The molecule has 0 aliphatic carbocycles. The van der Waals surface area contributed by atoms with Crippen LogP contribution < -0.4 is 0 Å². The van der Waals surface area contributed by atoms with Crippen LogP contribution in [0.1, 0.15) is 6.42 Å². The van der Waals surface area contributed by atoms with Crippen molar-refractivity contribution in [1.82, 2.24) is 5.06 Å². The Morgan fingerprint density at radius 2 is 2.50 bits per heavy atom. The van der Waals surface area contributed by atoms with Crippen LogP contribution in [0.2, 0.25) is 0 Å². The van der Waals surface area contributed by atoms with Gasteiger partial charge in [0.15, 0.2) is 0 Å². The molecule has 0 N–H and O–H groups in total. The summed E-state index contributed by atoms with van der Waals surface area (Å²) in [6.07, 6.45) is 3.10. The van der Waals surface area contributed by atoms with Gasteiger partial charge in [-0.1, -0.05) is 6.08 Å². The molecule has 12 heavy (non-hydrogen) atoms. The van der Waals surface area contributed by atoms with Crippen LogP contribution >= 0.6 is 0 Å². The van der Waals surface area contributed by atoms with Crippen LogP contribution in [0.15, 0.2) is 12.7 Å². The number of hydrogen-bond acceptors (Lipinski definition) is 2. The fourth-order valence-electron chi connectivity index (χ4n) is 0.467. The smallest absolute Gasteiger partial charge is 0.351 e. The third-order valence-corrected chi connectivity index (χ3v) is 1.09. The van der Waals surface area contributed by atoms with E-state index in [2.05, 4.69) is 11.4 Å². The van der Waals surface area contributed by atoms with Crippen LogP contribution in [0.3, 0.4) is 0 Å². The molecular weight excluding hydrogens is 158 g/mol. The topological polar surface area (TPSA) is 65.9 Å². The molecule has 0 aromatic carbocycles. The van der Waals surface area contributed by atoms with Crippen molar-refractivity contribution in [2.45, 2.75) is 6.42 Å². The van der Waals surface area contributed by atoms with E-state index in [4.69, 9.17) is 10.4 Å². The predicted octanol–water partition coefficient (Wildman–Crippen LogP) is 0.253. The van der Waals surface area contributed by atoms with Crippen molar-refractivity contribution in [3.05, 3.63) is 18.2 Å². The van der Waals surface area contributed by atoms with Gasteiger partial charge in [0, 0.05) is 7.05 Å². The maximum Gasteiger partial charge on any atom is 0.351 e. The molecule has 0 aromatic heterocycles. The molecular formula is C7H11N3O2. The first-order chi connectivity index (χ1) is 5.72. The van der Waals surface area contributed by atoms with Gasteiger partial charge in [-0.2, -0.15) is 4.79 Å². The van der Waals surface area contributed by atoms with Gasteiger partial charge < -0.3 is 5.53 Å². The average Bonchev–Trinajstić information content (AvgIpc) is 2.05. The highest BCUT2D eigenvalue weighted by atomic mass is 16.7. The second-order valence-corrected chi connectivity index (χ2v) is 1.99. The zero-order valence-electron chi connectivity index (χ0n) is 6.93. The molecule has 5 nitrogen and oxygen atoms in total. The summed E-state index contributed by atoms with van der Waals surface area (Å²) < 4.78 is 0. The van der Waals surface area contributed by atoms with E-state index in [1.807, 2.05) is 0 Å². The molecule has 0 aromatic rings. The molecule has 0 radical (unpaired) electrons. The number of nitrogens with zero attached hydrogens (tertiary/aromatic N) is 3. The molecule has 0 atom stereocenters. The monoisotopic (exact) mass is 169 g/mol. The molecule has 0 saturated heterocycles. The van der Waals surface area contributed by atoms with Crippen molar-refractivity contribution in [2.75, 3.05) is 13.7 Å². The Kier molecular flexibility index (Phi) is 5.51. The quantitative estimate of drug-likeness (QED) is 0.148. The second-order valence-electron chi connectivity index (χ2n) is 1.99. The summed E-state index contributed by atoms with van der Waals surface area (Å²) >= 11 is 0. The van der Waals surface area contributed by atoms with Crippen LogP contribution in [0.25, 0.3) is 5.53 Å². The van der Waals surface area contributed by atoms with Gasteiger partial charge in [0.1, 0.15) is 0 Å². The van der Waals surface area contributed by atoms with Crippen molar-refractivity contribution < 1.29 is 14.4 Å². The highest BCUT2D eigenvalue weighted by Crippen LogP contribution is 1.88. The van der Waals surface area contributed by atoms with E-state index >= 15 is 0 Å². The maximum atomic E-state index is 10.8. The first-order valence-electron chi connectivity index (χ1n) is 3.41. The van der Waals surface area contributed by atoms with Crippen LogP contribution in [0.5, 0.6) is 0 Å². The predicted molar refractivity (Wildman–Crippen MR) is 43.2 cm³/mol. The van der Waals surface area contributed by atoms with Crippen molar-refractivity contribution >= 4 is 12.1 Å². The van der Waals surface area contributed by atoms with Gasteiger partial charge in [-0.25, -0.2) is 5.06 Å². The van der Waals surface area contributed by atoms with Crippen molar-refractivity contribution in [1.29, 1.82) is 0 Å². The molecule has 0 rings (SSSR count). The number of carbonyl (C=O) groups is 1. The molecule has 66 valence electrons. The average molecular weight is 169 g/mol. The Morgan fingerprint density at radius 3 is 3.00 bits per heavy atom. The Balaban J connectivity index is 3.70. The second kappa shape index (κ2) is 6.27. The standard InChI is InChI=1S/C7H11N3O2/c1-3-4-5-12-10(2)7(11)6-9-8/h3,6H,1,4-5H2,2H3. The molecule has 0 unspecified atom stereocenters. The van der Waals surface area contributed by atoms with E-state index in [9.17, 15) is 4.79 Å². The Hall–Kier alpha value is -1.45. The SMILES string of the molecule is C=CCCON(C)C(=O)C=[N+]=[N-]. The van der Waals surface area contributed by atoms with Gasteiger partial charge in [-0.3, -0.25) is 9.63 Å². The van der Waals surface area contributed by atoms with Crippen LogP contribution in [-0.4, -0.2) is 35.6 Å². The minimum atomic E-state index is -0.512. The third-order valence-electron chi connectivity index (χ3n) is 1.09. The zero-order valence-corrected chi connectivity index (χ0v) is 6.93. The summed E-state index contributed by atoms with van der Waals surface area (Å²) in [5, 5.41) is 0.989. The van der Waals surface area contributed by atoms with E-state index in [1.54, 1.807) is 6.08 Å². The molecule has 5 heteroatoms. The lowest BCUT2D eigenvalue weighted by Crippen LogP contribution is -2.28. The first kappa shape index (κ1) is 10.6. The summed E-state index contributed by atoms with van der Waals surface area (Å²) in [7, 11) is 1.44. The minimum absolute atomic E-state index is 0.380. The molecule has 0 aliphatic rings. The molecule has 0 saturated carbocycles. The van der Waals surface area contributed by atoms with Crippen molar-refractivity contribution in [3.8, 4) is 0 Å². The Morgan fingerprint density at radius 1 is 1.83 bits per heavy atom. The number of hydrogen-bond donors (Lipinski definition) is 0. The number of amides is 1. The lowest BCUT2D eigenvalue weighted by molar-refractivity contribution is -0.172. The molecule has 0 aliphatic heterocycles. The van der Waals surface area contributed by atoms with Gasteiger partial charge in [0.2, 0.25) is 0 Å². The fraction of sp³-hybridized carbons (Fsp3) is 0.429. The number of hydroxylamine groups is 2. The van der Waals surface area contributed by atoms with E-state index in [1.165, 1.54) is 7.05 Å². The third kappa shape index (κ3) is 4.38. The number of rotatable bonds is 5. The number of carbonyl (C=O) groups excluding carboxylic acids is 1. The molecule has 0 heterocycles. The van der Waals surface area contributed by atoms with Crippen LogP contribution in [-0.2, 0) is 9.63 Å². The van der Waals surface area contributed by atoms with Crippen molar-refractivity contribution in [2.24, 2.45) is 0 Å². The van der Waals surface area contributed by atoms with Gasteiger partial charge in [0.05, 0.1) is 6.61 Å². The van der Waals surface area contributed by atoms with E-state index in [-0.39, 0.29) is 0 Å². The van der Waals surface area contributed by atoms with Crippen molar-refractivity contribution in [3.63, 3.8) is 0 Å². The molecule has 0 fully saturated rings.